The summed E-state index contributed by atoms with van der Waals surface area (Å²) >= 11 is 5.24. The second kappa shape index (κ2) is 14.0. The minimum atomic E-state index is -1.64. The van der Waals surface area contributed by atoms with Crippen LogP contribution in [0.15, 0.2) is 0 Å². The quantitative estimate of drug-likeness (QED) is 0.125. The van der Waals surface area contributed by atoms with Crippen molar-refractivity contribution < 1.29 is 39.3 Å². The molecule has 0 aromatic carbocycles. The van der Waals surface area contributed by atoms with Gasteiger partial charge < -0.3 is 37.0 Å². The van der Waals surface area contributed by atoms with E-state index in [0.717, 1.165) is 0 Å². The maximum atomic E-state index is 12.3. The molecule has 3 amide bonds. The van der Waals surface area contributed by atoms with E-state index >= 15 is 0 Å². The van der Waals surface area contributed by atoms with Gasteiger partial charge in [0.15, 0.2) is 0 Å². The van der Waals surface area contributed by atoms with Crippen molar-refractivity contribution >= 4 is 54.1 Å². The van der Waals surface area contributed by atoms with Crippen LogP contribution in [0.3, 0.4) is 0 Å². The summed E-state index contributed by atoms with van der Waals surface area (Å²) in [5.74, 6) is -5.30. The van der Waals surface area contributed by atoms with Gasteiger partial charge in [0, 0.05) is 5.75 Å². The Morgan fingerprint density at radius 1 is 0.966 bits per heavy atom. The molecule has 0 saturated heterocycles. The molecule has 0 heterocycles. The molecule has 29 heavy (non-hydrogen) atoms. The maximum absolute atomic E-state index is 12.3. The maximum Gasteiger partial charge on any atom is 0.327 e. The van der Waals surface area contributed by atoms with Crippen LogP contribution in [0.1, 0.15) is 12.8 Å². The molecular weight excluding hydrogens is 428 g/mol. The van der Waals surface area contributed by atoms with Crippen LogP contribution in [0, 0.1) is 0 Å². The molecule has 8 N–H and O–H groups in total. The van der Waals surface area contributed by atoms with Gasteiger partial charge in [-0.2, -0.15) is 24.4 Å². The third-order valence-corrected chi connectivity index (χ3v) is 4.60. The number of nitrogens with one attached hydrogen (secondary N) is 3. The molecule has 0 bridgehead atoms. The average Bonchev–Trinajstić information content (AvgIpc) is 2.66. The normalized spacial score (nSPS) is 14.8. The van der Waals surface area contributed by atoms with E-state index in [9.17, 15) is 29.1 Å². The highest BCUT2D eigenvalue weighted by atomic mass is 32.2. The van der Waals surface area contributed by atoms with E-state index in [-0.39, 0.29) is 5.75 Å². The topological polar surface area (TPSA) is 208 Å². The highest BCUT2D eigenvalue weighted by molar-refractivity contribution is 7.98. The van der Waals surface area contributed by atoms with Crippen molar-refractivity contribution in [3.63, 3.8) is 0 Å². The number of carbonyl (C=O) groups excluding carboxylic acids is 3. The van der Waals surface area contributed by atoms with Crippen LogP contribution in [0.5, 0.6) is 0 Å². The van der Waals surface area contributed by atoms with E-state index in [0.29, 0.717) is 12.2 Å². The monoisotopic (exact) mass is 454 g/mol. The van der Waals surface area contributed by atoms with E-state index in [1.165, 1.54) is 11.8 Å². The van der Waals surface area contributed by atoms with Crippen molar-refractivity contribution in [3.05, 3.63) is 0 Å². The molecular formula is C15H26N4O8S2. The number of hydrogen-bond acceptors (Lipinski definition) is 9. The largest absolute Gasteiger partial charge is 0.481 e. The van der Waals surface area contributed by atoms with Gasteiger partial charge in [0.25, 0.3) is 0 Å². The minimum Gasteiger partial charge on any atom is -0.481 e. The van der Waals surface area contributed by atoms with Crippen molar-refractivity contribution in [2.75, 3.05) is 24.4 Å². The number of aliphatic carboxylic acids is 2. The average molecular weight is 455 g/mol. The molecule has 12 nitrogen and oxygen atoms in total. The Balaban J connectivity index is 5.12. The molecule has 0 aliphatic heterocycles. The van der Waals surface area contributed by atoms with Gasteiger partial charge in [-0.15, -0.1) is 0 Å². The van der Waals surface area contributed by atoms with Crippen molar-refractivity contribution in [3.8, 4) is 0 Å². The van der Waals surface area contributed by atoms with Crippen LogP contribution in [0.2, 0.25) is 0 Å². The molecule has 0 rings (SSSR count). The lowest BCUT2D eigenvalue weighted by Crippen LogP contribution is -2.58. The van der Waals surface area contributed by atoms with Gasteiger partial charge in [-0.3, -0.25) is 19.2 Å². The first-order valence-corrected chi connectivity index (χ1v) is 10.4. The van der Waals surface area contributed by atoms with Crippen molar-refractivity contribution in [2.24, 2.45) is 5.73 Å². The van der Waals surface area contributed by atoms with Crippen molar-refractivity contribution in [1.82, 2.24) is 16.0 Å². The Morgan fingerprint density at radius 3 is 1.93 bits per heavy atom. The number of aliphatic hydroxyl groups is 1. The molecule has 0 aromatic heterocycles. The number of carboxylic acids is 2. The van der Waals surface area contributed by atoms with E-state index in [2.05, 4.69) is 28.6 Å². The summed E-state index contributed by atoms with van der Waals surface area (Å²) in [5, 5.41) is 33.6. The van der Waals surface area contributed by atoms with Crippen molar-refractivity contribution in [1.29, 1.82) is 0 Å². The summed E-state index contributed by atoms with van der Waals surface area (Å²) in [6.07, 6.45) is 1.30. The van der Waals surface area contributed by atoms with Gasteiger partial charge in [0.2, 0.25) is 17.7 Å². The molecule has 0 saturated carbocycles. The fourth-order valence-electron chi connectivity index (χ4n) is 1.96. The highest BCUT2D eigenvalue weighted by Crippen LogP contribution is 2.01. The minimum absolute atomic E-state index is 0.266. The lowest BCUT2D eigenvalue weighted by molar-refractivity contribution is -0.143. The van der Waals surface area contributed by atoms with Gasteiger partial charge in [-0.1, -0.05) is 0 Å². The number of carboxylic acid groups (broad SMARTS) is 2. The van der Waals surface area contributed by atoms with E-state index < -0.39 is 66.9 Å². The van der Waals surface area contributed by atoms with Crippen LogP contribution in [0.4, 0.5) is 0 Å². The summed E-state index contributed by atoms with van der Waals surface area (Å²) < 4.78 is 0. The highest BCUT2D eigenvalue weighted by Gasteiger charge is 2.31. The Labute approximate surface area is 176 Å². The Hall–Kier alpha value is -2.03. The lowest BCUT2D eigenvalue weighted by Gasteiger charge is -2.23. The summed E-state index contributed by atoms with van der Waals surface area (Å²) in [5.41, 5.74) is 5.68. The van der Waals surface area contributed by atoms with Gasteiger partial charge in [0.05, 0.1) is 19.1 Å². The first kappa shape index (κ1) is 27.0. The zero-order chi connectivity index (χ0) is 22.6. The van der Waals surface area contributed by atoms with Crippen LogP contribution in [-0.2, 0) is 24.0 Å². The smallest absolute Gasteiger partial charge is 0.327 e. The number of rotatable bonds is 14. The predicted octanol–water partition coefficient (Wildman–Crippen LogP) is -3.00. The molecule has 14 heteroatoms. The number of thioether (sulfide) groups is 1. The Morgan fingerprint density at radius 2 is 1.48 bits per heavy atom. The predicted molar refractivity (Wildman–Crippen MR) is 108 cm³/mol. The Kier molecular flexibility index (Phi) is 13.0. The fourth-order valence-corrected chi connectivity index (χ4v) is 2.70. The zero-order valence-electron chi connectivity index (χ0n) is 15.7. The molecule has 0 radical (unpaired) electrons. The third-order valence-electron chi connectivity index (χ3n) is 3.59. The molecule has 0 aliphatic carbocycles. The van der Waals surface area contributed by atoms with Gasteiger partial charge >= 0.3 is 11.9 Å². The zero-order valence-corrected chi connectivity index (χ0v) is 17.4. The fraction of sp³-hybridized carbons (Fsp3) is 0.667. The molecule has 166 valence electrons. The summed E-state index contributed by atoms with van der Waals surface area (Å²) in [6.45, 7) is -0.831. The first-order valence-electron chi connectivity index (χ1n) is 8.39. The summed E-state index contributed by atoms with van der Waals surface area (Å²) in [7, 11) is 0. The van der Waals surface area contributed by atoms with Crippen molar-refractivity contribution in [2.45, 2.75) is 37.0 Å². The van der Waals surface area contributed by atoms with E-state index in [1.54, 1.807) is 0 Å². The molecule has 0 aromatic rings. The van der Waals surface area contributed by atoms with Crippen LogP contribution in [-0.4, -0.2) is 93.5 Å². The number of nitrogens with two attached hydrogens (primary N) is 1. The van der Waals surface area contributed by atoms with Crippen LogP contribution >= 0.6 is 24.4 Å². The second-order valence-electron chi connectivity index (χ2n) is 5.87. The molecule has 0 aliphatic rings. The number of thiol groups is 1. The molecule has 0 spiro atoms. The summed E-state index contributed by atoms with van der Waals surface area (Å²) in [6, 6.07) is -5.44. The van der Waals surface area contributed by atoms with Crippen LogP contribution in [0.25, 0.3) is 0 Å². The number of hydrogen-bond donors (Lipinski definition) is 8. The van der Waals surface area contributed by atoms with Crippen LogP contribution < -0.4 is 21.7 Å². The van der Waals surface area contributed by atoms with E-state index in [1.807, 2.05) is 6.26 Å². The lowest BCUT2D eigenvalue weighted by atomic mass is 10.1. The number of aliphatic hydroxyl groups excluding tert-OH is 1. The molecule has 4 atom stereocenters. The standard InChI is InChI=1S/C15H26N4O8S2/c1-29-3-2-7(16)12(23)18-9(5-20)14(25)17-8(4-11(21)22)13(24)19-10(6-28)15(26)27/h7-10,20,28H,2-6,16H2,1H3,(H,17,25)(H,18,23)(H,19,24)(H,21,22)(H,26,27). The first-order chi connectivity index (χ1) is 13.6. The number of amides is 3. The third kappa shape index (κ3) is 10.3. The summed E-state index contributed by atoms with van der Waals surface area (Å²) in [4.78, 5) is 58.5. The van der Waals surface area contributed by atoms with Gasteiger partial charge in [-0.25, -0.2) is 4.79 Å². The number of carbonyl (C=O) groups is 5. The van der Waals surface area contributed by atoms with Gasteiger partial charge in [0.1, 0.15) is 18.1 Å². The molecule has 0 fully saturated rings. The van der Waals surface area contributed by atoms with E-state index in [4.69, 9.17) is 15.9 Å². The SMILES string of the molecule is CSCCC(N)C(=O)NC(CO)C(=O)NC(CC(=O)O)C(=O)NC(CS)C(=O)O. The van der Waals surface area contributed by atoms with Gasteiger partial charge in [-0.05, 0) is 18.4 Å². The molecule has 4 unspecified atom stereocenters. The second-order valence-corrected chi connectivity index (χ2v) is 7.22. The Bertz CT molecular complexity index is 607.